The first-order valence-electron chi connectivity index (χ1n) is 10.8. The van der Waals surface area contributed by atoms with E-state index in [-0.39, 0.29) is 34.8 Å². The molecule has 1 N–H and O–H groups in total. The highest BCUT2D eigenvalue weighted by molar-refractivity contribution is 7.89. The van der Waals surface area contributed by atoms with Gasteiger partial charge in [0.2, 0.25) is 10.0 Å². The molecule has 4 aromatic rings. The van der Waals surface area contributed by atoms with E-state index in [0.29, 0.717) is 23.4 Å². The lowest BCUT2D eigenvalue weighted by Crippen LogP contribution is -2.50. The number of nitrogens with zero attached hydrogens (tertiary/aromatic N) is 3. The van der Waals surface area contributed by atoms with Gasteiger partial charge in [-0.1, -0.05) is 17.4 Å². The third kappa shape index (κ3) is 3.68. The minimum Gasteiger partial charge on any atom is -0.361 e. The van der Waals surface area contributed by atoms with E-state index in [1.54, 1.807) is 39.9 Å². The number of fused-ring (bicyclic) bond motifs is 2. The first-order chi connectivity index (χ1) is 15.8. The highest BCUT2D eigenvalue weighted by Crippen LogP contribution is 2.27. The van der Waals surface area contributed by atoms with E-state index in [2.05, 4.69) is 4.98 Å². The van der Waals surface area contributed by atoms with Crippen molar-refractivity contribution in [3.05, 3.63) is 63.9 Å². The van der Waals surface area contributed by atoms with Crippen LogP contribution >= 0.6 is 11.3 Å². The van der Waals surface area contributed by atoms with Gasteiger partial charge >= 0.3 is 4.87 Å². The van der Waals surface area contributed by atoms with Gasteiger partial charge in [-0.3, -0.25) is 14.2 Å². The molecule has 2 aromatic heterocycles. The standard InChI is InChI=1S/C23H24N4O4S2/c1-15(2)27-20-7-6-16(14-21(20)32-23(27)29)33(30,31)26-12-10-25(11-13-26)22(28)18-4-3-5-19-17(18)8-9-24-19/h3-9,14-15,24H,10-13H2,1-2H3. The average Bonchev–Trinajstić information content (AvgIpc) is 3.41. The van der Waals surface area contributed by atoms with Gasteiger partial charge in [0.15, 0.2) is 0 Å². The topological polar surface area (TPSA) is 95.5 Å². The number of carbonyl (C=O) groups is 1. The first kappa shape index (κ1) is 21.9. The maximum atomic E-state index is 13.3. The zero-order chi connectivity index (χ0) is 23.3. The second-order valence-corrected chi connectivity index (χ2v) is 11.3. The van der Waals surface area contributed by atoms with Crippen molar-refractivity contribution in [3.8, 4) is 0 Å². The molecule has 0 atom stereocenters. The van der Waals surface area contributed by atoms with Crippen LogP contribution in [0.1, 0.15) is 30.2 Å². The summed E-state index contributed by atoms with van der Waals surface area (Å²) in [5.74, 6) is -0.0986. The number of aromatic nitrogens is 2. The van der Waals surface area contributed by atoms with Crippen LogP contribution in [0.2, 0.25) is 0 Å². The summed E-state index contributed by atoms with van der Waals surface area (Å²) >= 11 is 1.06. The molecule has 1 saturated heterocycles. The molecule has 0 saturated carbocycles. The van der Waals surface area contributed by atoms with Crippen LogP contribution in [0.3, 0.4) is 0 Å². The molecular weight excluding hydrogens is 460 g/mol. The lowest BCUT2D eigenvalue weighted by Gasteiger charge is -2.34. The molecule has 1 amide bonds. The molecule has 5 rings (SSSR count). The van der Waals surface area contributed by atoms with Crippen molar-refractivity contribution in [1.29, 1.82) is 0 Å². The zero-order valence-electron chi connectivity index (χ0n) is 18.3. The van der Waals surface area contributed by atoms with E-state index in [0.717, 1.165) is 27.8 Å². The van der Waals surface area contributed by atoms with Crippen LogP contribution in [0.4, 0.5) is 0 Å². The minimum absolute atomic E-state index is 0.00330. The molecule has 1 fully saturated rings. The van der Waals surface area contributed by atoms with Crippen LogP contribution in [0.5, 0.6) is 0 Å². The molecule has 1 aliphatic rings. The predicted molar refractivity (Wildman–Crippen MR) is 129 cm³/mol. The molecule has 3 heterocycles. The number of aromatic amines is 1. The zero-order valence-corrected chi connectivity index (χ0v) is 19.9. The molecule has 0 bridgehead atoms. The van der Waals surface area contributed by atoms with E-state index in [1.807, 2.05) is 32.0 Å². The van der Waals surface area contributed by atoms with Gasteiger partial charge in [-0.05, 0) is 50.2 Å². The smallest absolute Gasteiger partial charge is 0.308 e. The molecule has 8 nitrogen and oxygen atoms in total. The van der Waals surface area contributed by atoms with Crippen molar-refractivity contribution >= 4 is 48.4 Å². The van der Waals surface area contributed by atoms with Crippen molar-refractivity contribution in [3.63, 3.8) is 0 Å². The number of amides is 1. The normalized spacial score (nSPS) is 15.7. The first-order valence-corrected chi connectivity index (χ1v) is 13.0. The third-order valence-corrected chi connectivity index (χ3v) is 8.90. The van der Waals surface area contributed by atoms with Crippen molar-refractivity contribution in [1.82, 2.24) is 18.8 Å². The molecule has 0 radical (unpaired) electrons. The number of hydrogen-bond donors (Lipinski definition) is 1. The number of carbonyl (C=O) groups excluding carboxylic acids is 1. The SMILES string of the molecule is CC(C)n1c(=O)sc2cc(S(=O)(=O)N3CCN(C(=O)c4cccc5[nH]ccc45)CC3)ccc21. The molecule has 1 aliphatic heterocycles. The van der Waals surface area contributed by atoms with Gasteiger partial charge in [-0.2, -0.15) is 4.31 Å². The summed E-state index contributed by atoms with van der Waals surface area (Å²) in [6.07, 6.45) is 1.80. The van der Waals surface area contributed by atoms with Gasteiger partial charge in [0.1, 0.15) is 0 Å². The molecule has 0 unspecified atom stereocenters. The van der Waals surface area contributed by atoms with Crippen molar-refractivity contribution in [2.45, 2.75) is 24.8 Å². The minimum atomic E-state index is -3.73. The molecule has 33 heavy (non-hydrogen) atoms. The molecular formula is C23H24N4O4S2. The Bertz CT molecular complexity index is 1520. The molecule has 2 aromatic carbocycles. The average molecular weight is 485 g/mol. The largest absolute Gasteiger partial charge is 0.361 e. The van der Waals surface area contributed by atoms with Crippen LogP contribution in [0, 0.1) is 0 Å². The Morgan fingerprint density at radius 3 is 2.55 bits per heavy atom. The van der Waals surface area contributed by atoms with Crippen molar-refractivity contribution < 1.29 is 13.2 Å². The molecule has 0 aliphatic carbocycles. The number of sulfonamides is 1. The van der Waals surface area contributed by atoms with Crippen LogP contribution in [-0.4, -0.2) is 59.3 Å². The predicted octanol–water partition coefficient (Wildman–Crippen LogP) is 3.27. The van der Waals surface area contributed by atoms with Gasteiger partial charge in [0, 0.05) is 54.9 Å². The summed E-state index contributed by atoms with van der Waals surface area (Å²) in [5, 5.41) is 0.859. The van der Waals surface area contributed by atoms with Crippen LogP contribution in [0.15, 0.2) is 58.4 Å². The summed E-state index contributed by atoms with van der Waals surface area (Å²) in [6, 6.07) is 12.3. The number of piperazine rings is 1. The van der Waals surface area contributed by atoms with E-state index in [9.17, 15) is 18.0 Å². The molecule has 172 valence electrons. The number of H-pyrrole nitrogens is 1. The highest BCUT2D eigenvalue weighted by Gasteiger charge is 2.31. The summed E-state index contributed by atoms with van der Waals surface area (Å²) in [7, 11) is -3.73. The number of nitrogens with one attached hydrogen (secondary N) is 1. The van der Waals surface area contributed by atoms with Gasteiger partial charge in [0.05, 0.1) is 15.1 Å². The maximum absolute atomic E-state index is 13.3. The number of rotatable bonds is 4. The van der Waals surface area contributed by atoms with Gasteiger partial charge in [-0.15, -0.1) is 0 Å². The summed E-state index contributed by atoms with van der Waals surface area (Å²) in [6.45, 7) is 4.93. The lowest BCUT2D eigenvalue weighted by molar-refractivity contribution is 0.0700. The summed E-state index contributed by atoms with van der Waals surface area (Å²) in [4.78, 5) is 30.3. The Balaban J connectivity index is 1.35. The van der Waals surface area contributed by atoms with Crippen LogP contribution < -0.4 is 4.87 Å². The monoisotopic (exact) mass is 484 g/mol. The maximum Gasteiger partial charge on any atom is 0.308 e. The van der Waals surface area contributed by atoms with Crippen molar-refractivity contribution in [2.24, 2.45) is 0 Å². The van der Waals surface area contributed by atoms with E-state index in [1.165, 1.54) is 4.31 Å². The fourth-order valence-corrected chi connectivity index (χ4v) is 6.97. The Kier molecular flexibility index (Phi) is 5.38. The summed E-state index contributed by atoms with van der Waals surface area (Å²) < 4.78 is 30.3. The van der Waals surface area contributed by atoms with E-state index < -0.39 is 10.0 Å². The van der Waals surface area contributed by atoms with E-state index >= 15 is 0 Å². The van der Waals surface area contributed by atoms with Gasteiger partial charge in [-0.25, -0.2) is 8.42 Å². The molecule has 0 spiro atoms. The molecule has 10 heteroatoms. The number of benzene rings is 2. The van der Waals surface area contributed by atoms with Crippen molar-refractivity contribution in [2.75, 3.05) is 26.2 Å². The third-order valence-electron chi connectivity index (χ3n) is 6.09. The lowest BCUT2D eigenvalue weighted by atomic mass is 10.1. The van der Waals surface area contributed by atoms with Gasteiger partial charge < -0.3 is 9.88 Å². The number of hydrogen-bond acceptors (Lipinski definition) is 5. The Labute approximate surface area is 195 Å². The Morgan fingerprint density at radius 1 is 1.06 bits per heavy atom. The van der Waals surface area contributed by atoms with E-state index in [4.69, 9.17) is 0 Å². The van der Waals surface area contributed by atoms with Crippen LogP contribution in [0.25, 0.3) is 21.1 Å². The Morgan fingerprint density at radius 2 is 1.82 bits per heavy atom. The second-order valence-electron chi connectivity index (χ2n) is 8.40. The van der Waals surface area contributed by atoms with Crippen LogP contribution in [-0.2, 0) is 10.0 Å². The second kappa shape index (κ2) is 8.12. The highest BCUT2D eigenvalue weighted by atomic mass is 32.2. The number of thiazole rings is 1. The Hall–Kier alpha value is -2.95. The van der Waals surface area contributed by atoms with Gasteiger partial charge in [0.25, 0.3) is 5.91 Å². The fraction of sp³-hybridized carbons (Fsp3) is 0.304. The fourth-order valence-electron chi connectivity index (χ4n) is 4.39. The quantitative estimate of drug-likeness (QED) is 0.481. The summed E-state index contributed by atoms with van der Waals surface area (Å²) in [5.41, 5.74) is 2.25.